The van der Waals surface area contributed by atoms with Crippen LogP contribution in [-0.2, 0) is 14.4 Å². The molecule has 1 aliphatic heterocycles. The number of nitrogens with one attached hydrogen (secondary N) is 1. The summed E-state index contributed by atoms with van der Waals surface area (Å²) in [7, 11) is 2.81. The number of primary amides is 1. The van der Waals surface area contributed by atoms with Crippen molar-refractivity contribution in [3.8, 4) is 5.75 Å². The number of benzene rings is 2. The molecule has 2 aromatic rings. The van der Waals surface area contributed by atoms with Crippen molar-refractivity contribution in [2.75, 3.05) is 19.1 Å². The van der Waals surface area contributed by atoms with Crippen molar-refractivity contribution in [3.63, 3.8) is 0 Å². The molecule has 222 valence electrons. The van der Waals surface area contributed by atoms with E-state index in [0.29, 0.717) is 22.6 Å². The predicted molar refractivity (Wildman–Crippen MR) is 137 cm³/mol. The van der Waals surface area contributed by atoms with Crippen molar-refractivity contribution in [2.45, 2.75) is 44.2 Å². The van der Waals surface area contributed by atoms with Gasteiger partial charge in [-0.05, 0) is 25.0 Å². The van der Waals surface area contributed by atoms with Gasteiger partial charge >= 0.3 is 12.4 Å². The fourth-order valence-corrected chi connectivity index (χ4v) is 4.53. The van der Waals surface area contributed by atoms with Crippen molar-refractivity contribution in [2.24, 2.45) is 22.6 Å². The van der Waals surface area contributed by atoms with Crippen LogP contribution in [0, 0.1) is 11.8 Å². The molecule has 0 aliphatic carbocycles. The Morgan fingerprint density at radius 2 is 1.59 bits per heavy atom. The molecule has 0 aromatic heterocycles. The van der Waals surface area contributed by atoms with Gasteiger partial charge in [0.15, 0.2) is 0 Å². The maximum absolute atomic E-state index is 13.5. The molecule has 2 aromatic carbocycles. The minimum atomic E-state index is -4.78. The number of aliphatic imine (C=N–C) groups is 1. The first-order chi connectivity index (χ1) is 19.1. The highest BCUT2D eigenvalue weighted by Gasteiger charge is 2.41. The number of benzodiazepines with no additional fused rings is 1. The van der Waals surface area contributed by atoms with E-state index in [0.717, 1.165) is 0 Å². The second-order valence-electron chi connectivity index (χ2n) is 9.46. The number of hydrogen-bond donors (Lipinski definition) is 2. The van der Waals surface area contributed by atoms with E-state index in [1.807, 2.05) is 0 Å². The Morgan fingerprint density at radius 1 is 1.00 bits per heavy atom. The molecule has 2 unspecified atom stereocenters. The highest BCUT2D eigenvalue weighted by atomic mass is 19.4. The monoisotopic (exact) mass is 586 g/mol. The van der Waals surface area contributed by atoms with E-state index >= 15 is 0 Å². The first kappa shape index (κ1) is 31.4. The van der Waals surface area contributed by atoms with Crippen LogP contribution < -0.4 is 20.7 Å². The van der Waals surface area contributed by atoms with Crippen LogP contribution in [0.15, 0.2) is 53.5 Å². The number of anilines is 1. The van der Waals surface area contributed by atoms with E-state index in [1.54, 1.807) is 48.5 Å². The van der Waals surface area contributed by atoms with E-state index in [-0.39, 0.29) is 5.71 Å². The third kappa shape index (κ3) is 8.21. The molecule has 1 aliphatic rings. The van der Waals surface area contributed by atoms with E-state index in [1.165, 1.54) is 19.1 Å². The minimum absolute atomic E-state index is 0.251. The number of fused-ring (bicyclic) bond motifs is 1. The molecular formula is C27H28F6N4O4. The van der Waals surface area contributed by atoms with Crippen molar-refractivity contribution in [1.82, 2.24) is 5.32 Å². The number of ether oxygens (including phenoxy) is 1. The smallest absolute Gasteiger partial charge is 0.389 e. The van der Waals surface area contributed by atoms with Crippen LogP contribution in [0.25, 0.3) is 0 Å². The van der Waals surface area contributed by atoms with Gasteiger partial charge in [0, 0.05) is 48.9 Å². The fraction of sp³-hybridized carbons (Fsp3) is 0.407. The molecule has 0 saturated heterocycles. The standard InChI is InChI=1S/C27H28F6N4O4/c1-37-20-14-16(41-2)8-9-19(20)21(15-6-4-3-5-7-15)35-23(25(37)40)36-24(39)18(11-13-27(31,32)33)17(22(34)38)10-12-26(28,29)30/h3-9,14,17-18,23H,10-13H2,1-2H3,(H2,34,38)(H,36,39)/t17?,18?,23-/m1/s1. The molecule has 0 radical (unpaired) electrons. The molecule has 0 spiro atoms. The van der Waals surface area contributed by atoms with E-state index in [2.05, 4.69) is 10.3 Å². The van der Waals surface area contributed by atoms with Gasteiger partial charge in [-0.15, -0.1) is 0 Å². The first-order valence-electron chi connectivity index (χ1n) is 12.4. The van der Waals surface area contributed by atoms with E-state index < -0.39 is 73.8 Å². The molecule has 3 amide bonds. The van der Waals surface area contributed by atoms with Crippen molar-refractivity contribution in [3.05, 3.63) is 59.7 Å². The summed E-state index contributed by atoms with van der Waals surface area (Å²) in [6.45, 7) is 0. The predicted octanol–water partition coefficient (Wildman–Crippen LogP) is 4.35. The number of alkyl halides is 6. The number of carbonyl (C=O) groups excluding carboxylic acids is 3. The summed E-state index contributed by atoms with van der Waals surface area (Å²) in [5.41, 5.74) is 6.86. The SMILES string of the molecule is COc1ccc2c(c1)N(C)C(=O)[C@@H](NC(=O)C(CCC(F)(F)F)C(CCC(F)(F)F)C(N)=O)N=C2c1ccccc1. The number of nitrogens with zero attached hydrogens (tertiary/aromatic N) is 2. The Bertz CT molecular complexity index is 1300. The van der Waals surface area contributed by atoms with Gasteiger partial charge in [0.05, 0.1) is 18.5 Å². The van der Waals surface area contributed by atoms with Gasteiger partial charge in [-0.1, -0.05) is 30.3 Å². The third-order valence-corrected chi connectivity index (χ3v) is 6.64. The van der Waals surface area contributed by atoms with Gasteiger partial charge < -0.3 is 20.7 Å². The summed E-state index contributed by atoms with van der Waals surface area (Å²) in [6, 6.07) is 13.3. The summed E-state index contributed by atoms with van der Waals surface area (Å²) in [5.74, 6) is -6.80. The van der Waals surface area contributed by atoms with Gasteiger partial charge in [-0.25, -0.2) is 4.99 Å². The van der Waals surface area contributed by atoms with E-state index in [9.17, 15) is 40.7 Å². The van der Waals surface area contributed by atoms with Crippen LogP contribution >= 0.6 is 0 Å². The Balaban J connectivity index is 2.04. The normalized spacial score (nSPS) is 17.2. The number of methoxy groups -OCH3 is 1. The maximum Gasteiger partial charge on any atom is 0.389 e. The summed E-state index contributed by atoms with van der Waals surface area (Å²) in [4.78, 5) is 44.5. The Kier molecular flexibility index (Phi) is 9.66. The highest BCUT2D eigenvalue weighted by molar-refractivity contribution is 6.20. The average Bonchev–Trinajstić information content (AvgIpc) is 2.99. The Hall–Kier alpha value is -4.10. The zero-order chi connectivity index (χ0) is 30.5. The second kappa shape index (κ2) is 12.6. The van der Waals surface area contributed by atoms with Gasteiger partial charge in [-0.2, -0.15) is 26.3 Å². The number of hydrogen-bond acceptors (Lipinski definition) is 5. The summed E-state index contributed by atoms with van der Waals surface area (Å²) in [5, 5.41) is 2.27. The van der Waals surface area contributed by atoms with Crippen molar-refractivity contribution < 1.29 is 45.5 Å². The van der Waals surface area contributed by atoms with E-state index in [4.69, 9.17) is 10.5 Å². The van der Waals surface area contributed by atoms with Crippen molar-refractivity contribution in [1.29, 1.82) is 0 Å². The molecule has 0 bridgehead atoms. The molecule has 3 rings (SSSR count). The van der Waals surface area contributed by atoms with Crippen LogP contribution in [0.5, 0.6) is 5.75 Å². The summed E-state index contributed by atoms with van der Waals surface area (Å²) >= 11 is 0. The van der Waals surface area contributed by atoms with Gasteiger partial charge in [0.2, 0.25) is 18.0 Å². The molecule has 3 N–H and O–H groups in total. The number of rotatable bonds is 10. The number of amides is 3. The number of carbonyl (C=O) groups is 3. The van der Waals surface area contributed by atoms with Gasteiger partial charge in [0.25, 0.3) is 5.91 Å². The summed E-state index contributed by atoms with van der Waals surface area (Å²) < 4.78 is 83.2. The average molecular weight is 587 g/mol. The zero-order valence-electron chi connectivity index (χ0n) is 22.1. The number of likely N-dealkylation sites (N-methyl/N-ethyl adjacent to an activating group) is 1. The maximum atomic E-state index is 13.5. The molecule has 1 heterocycles. The molecule has 8 nitrogen and oxygen atoms in total. The second-order valence-corrected chi connectivity index (χ2v) is 9.46. The highest BCUT2D eigenvalue weighted by Crippen LogP contribution is 2.34. The van der Waals surface area contributed by atoms with Crippen LogP contribution in [0.1, 0.15) is 36.8 Å². The lowest BCUT2D eigenvalue weighted by molar-refractivity contribution is -0.152. The lowest BCUT2D eigenvalue weighted by atomic mass is 9.83. The fourth-order valence-electron chi connectivity index (χ4n) is 4.53. The molecule has 0 saturated carbocycles. The number of halogens is 6. The zero-order valence-corrected chi connectivity index (χ0v) is 22.1. The first-order valence-corrected chi connectivity index (χ1v) is 12.4. The van der Waals surface area contributed by atoms with Crippen LogP contribution in [0.2, 0.25) is 0 Å². The lowest BCUT2D eigenvalue weighted by Crippen LogP contribution is -2.50. The number of nitrogens with two attached hydrogens (primary N) is 1. The molecule has 0 fully saturated rings. The Labute approximate surface area is 231 Å². The quantitative estimate of drug-likeness (QED) is 0.403. The molecule has 14 heteroatoms. The molecule has 3 atom stereocenters. The topological polar surface area (TPSA) is 114 Å². The lowest BCUT2D eigenvalue weighted by Gasteiger charge is -2.27. The third-order valence-electron chi connectivity index (χ3n) is 6.64. The van der Waals surface area contributed by atoms with Crippen LogP contribution in [0.4, 0.5) is 32.0 Å². The largest absolute Gasteiger partial charge is 0.497 e. The summed E-state index contributed by atoms with van der Waals surface area (Å²) in [6.07, 6.45) is -16.4. The molecule has 41 heavy (non-hydrogen) atoms. The minimum Gasteiger partial charge on any atom is -0.497 e. The van der Waals surface area contributed by atoms with Gasteiger partial charge in [-0.3, -0.25) is 14.4 Å². The molecular weight excluding hydrogens is 558 g/mol. The van der Waals surface area contributed by atoms with Crippen LogP contribution in [-0.4, -0.2) is 56.1 Å². The van der Waals surface area contributed by atoms with Crippen LogP contribution in [0.3, 0.4) is 0 Å². The van der Waals surface area contributed by atoms with Crippen molar-refractivity contribution >= 4 is 29.1 Å². The van der Waals surface area contributed by atoms with Gasteiger partial charge in [0.1, 0.15) is 5.75 Å². The Morgan fingerprint density at radius 3 is 2.12 bits per heavy atom.